The number of sulfonamides is 1. The summed E-state index contributed by atoms with van der Waals surface area (Å²) in [5.74, 6) is -0.548. The number of hydrogen-bond acceptors (Lipinski definition) is 5. The predicted octanol–water partition coefficient (Wildman–Crippen LogP) is 4.93. The molecule has 3 heterocycles. The normalized spacial score (nSPS) is 19.2. The number of nitrogens with zero attached hydrogens (tertiary/aromatic N) is 4. The number of piperidine rings is 1. The van der Waals surface area contributed by atoms with Crippen LogP contribution in [0.15, 0.2) is 83.5 Å². The summed E-state index contributed by atoms with van der Waals surface area (Å²) < 4.78 is 44.2. The van der Waals surface area contributed by atoms with Crippen LogP contribution in [0.25, 0.3) is 11.8 Å². The Morgan fingerprint density at radius 2 is 1.79 bits per heavy atom. The van der Waals surface area contributed by atoms with Gasteiger partial charge >= 0.3 is 0 Å². The summed E-state index contributed by atoms with van der Waals surface area (Å²) in [6.07, 6.45) is 5.98. The van der Waals surface area contributed by atoms with E-state index < -0.39 is 15.4 Å². The van der Waals surface area contributed by atoms with Gasteiger partial charge in [-0.1, -0.05) is 23.8 Å². The quantitative estimate of drug-likeness (QED) is 0.334. The van der Waals surface area contributed by atoms with Crippen LogP contribution in [0.3, 0.4) is 0 Å². The highest BCUT2D eigenvalue weighted by Gasteiger charge is 2.51. The molecular formula is C30H27FN4O3S. The van der Waals surface area contributed by atoms with Gasteiger partial charge < -0.3 is 0 Å². The minimum Gasteiger partial charge on any atom is -0.291 e. The number of rotatable bonds is 5. The fourth-order valence-electron chi connectivity index (χ4n) is 5.58. The number of Topliss-reactive ketones (excluding diaryl/α,β-unsaturated/α-hetero) is 1. The molecule has 9 heteroatoms. The molecule has 1 saturated heterocycles. The summed E-state index contributed by atoms with van der Waals surface area (Å²) >= 11 is 0. The molecule has 0 spiro atoms. The predicted molar refractivity (Wildman–Crippen MR) is 145 cm³/mol. The number of hydrogen-bond donors (Lipinski definition) is 0. The van der Waals surface area contributed by atoms with Crippen molar-refractivity contribution in [3.63, 3.8) is 0 Å². The van der Waals surface area contributed by atoms with Crippen LogP contribution in [0, 0.1) is 25.1 Å². The van der Waals surface area contributed by atoms with Crippen LogP contribution in [0.1, 0.15) is 39.3 Å². The lowest BCUT2D eigenvalue weighted by Gasteiger charge is -2.44. The molecule has 1 aliphatic carbocycles. The summed E-state index contributed by atoms with van der Waals surface area (Å²) in [4.78, 5) is 18.9. The summed E-state index contributed by atoms with van der Waals surface area (Å²) in [5, 5.41) is 4.55. The average Bonchev–Trinajstić information content (AvgIpc) is 3.34. The number of benzene rings is 2. The van der Waals surface area contributed by atoms with Crippen LogP contribution in [-0.4, -0.2) is 46.4 Å². The van der Waals surface area contributed by atoms with E-state index in [0.29, 0.717) is 17.8 Å². The molecule has 4 aromatic rings. The van der Waals surface area contributed by atoms with Crippen LogP contribution in [0.4, 0.5) is 4.39 Å². The van der Waals surface area contributed by atoms with E-state index >= 15 is 0 Å². The fraction of sp³-hybridized carbons (Fsp3) is 0.233. The Hall–Kier alpha value is -3.95. The lowest BCUT2D eigenvalue weighted by molar-refractivity contribution is 0.0770. The van der Waals surface area contributed by atoms with E-state index in [1.165, 1.54) is 16.4 Å². The first-order chi connectivity index (χ1) is 18.7. The van der Waals surface area contributed by atoms with Gasteiger partial charge in [0.05, 0.1) is 27.9 Å². The number of halogens is 1. The van der Waals surface area contributed by atoms with Crippen molar-refractivity contribution in [1.29, 1.82) is 0 Å². The van der Waals surface area contributed by atoms with Crippen molar-refractivity contribution in [1.82, 2.24) is 19.1 Å². The first kappa shape index (κ1) is 25.3. The molecule has 198 valence electrons. The van der Waals surface area contributed by atoms with Crippen LogP contribution in [0.5, 0.6) is 0 Å². The van der Waals surface area contributed by atoms with Gasteiger partial charge in [-0.3, -0.25) is 9.78 Å². The van der Waals surface area contributed by atoms with E-state index in [9.17, 15) is 17.6 Å². The second kappa shape index (κ2) is 9.36. The van der Waals surface area contributed by atoms with E-state index in [0.717, 1.165) is 28.0 Å². The average molecular weight is 543 g/mol. The third kappa shape index (κ3) is 4.31. The molecule has 6 rings (SSSR count). The molecule has 0 N–H and O–H groups in total. The minimum atomic E-state index is -3.84. The number of aromatic nitrogens is 3. The molecule has 0 amide bonds. The Morgan fingerprint density at radius 3 is 2.51 bits per heavy atom. The Morgan fingerprint density at radius 1 is 1.00 bits per heavy atom. The van der Waals surface area contributed by atoms with E-state index in [4.69, 9.17) is 0 Å². The lowest BCUT2D eigenvalue weighted by Crippen LogP contribution is -2.53. The molecule has 0 bridgehead atoms. The molecule has 1 atom stereocenters. The topological polar surface area (TPSA) is 85.2 Å². The Balaban J connectivity index is 1.46. The van der Waals surface area contributed by atoms with E-state index in [1.54, 1.807) is 53.5 Å². The standard InChI is InChI=1S/C30H27FN4O3S/c1-20-4-3-5-26(14-20)39(37,38)34-13-12-23-15-28-22(18-33-35(28)25-9-7-24(31)8-10-25)16-30(23,19-34)29(36)27-11-6-21(2)17-32-27/h3-11,14-15,17-18H,12-13,16,19H2,1-2H3. The molecule has 7 nitrogen and oxygen atoms in total. The first-order valence-corrected chi connectivity index (χ1v) is 14.2. The van der Waals surface area contributed by atoms with Crippen molar-refractivity contribution >= 4 is 21.9 Å². The molecule has 1 fully saturated rings. The molecular weight excluding hydrogens is 515 g/mol. The van der Waals surface area contributed by atoms with Gasteiger partial charge in [0.25, 0.3) is 0 Å². The highest BCUT2D eigenvalue weighted by Crippen LogP contribution is 2.47. The van der Waals surface area contributed by atoms with Crippen molar-refractivity contribution in [3.8, 4) is 5.69 Å². The molecule has 0 radical (unpaired) electrons. The Bertz CT molecular complexity index is 1730. The van der Waals surface area contributed by atoms with Crippen molar-refractivity contribution in [2.45, 2.75) is 31.6 Å². The second-order valence-electron chi connectivity index (χ2n) is 10.3. The largest absolute Gasteiger partial charge is 0.291 e. The maximum Gasteiger partial charge on any atom is 0.243 e. The second-order valence-corrected chi connectivity index (χ2v) is 12.3. The van der Waals surface area contributed by atoms with Gasteiger partial charge in [-0.2, -0.15) is 9.40 Å². The maximum absolute atomic E-state index is 14.3. The summed E-state index contributed by atoms with van der Waals surface area (Å²) in [5.41, 5.74) is 4.13. The number of ketones is 1. The van der Waals surface area contributed by atoms with Crippen LogP contribution in [0.2, 0.25) is 0 Å². The zero-order valence-electron chi connectivity index (χ0n) is 21.6. The summed E-state index contributed by atoms with van der Waals surface area (Å²) in [6, 6.07) is 16.4. The lowest BCUT2D eigenvalue weighted by atomic mass is 9.65. The third-order valence-corrected chi connectivity index (χ3v) is 9.50. The molecule has 39 heavy (non-hydrogen) atoms. The monoisotopic (exact) mass is 542 g/mol. The van der Waals surface area contributed by atoms with Crippen molar-refractivity contribution < 1.29 is 17.6 Å². The third-order valence-electron chi connectivity index (χ3n) is 7.66. The van der Waals surface area contributed by atoms with Gasteiger partial charge in [0.2, 0.25) is 10.0 Å². The summed E-state index contributed by atoms with van der Waals surface area (Å²) in [7, 11) is -3.84. The van der Waals surface area contributed by atoms with Gasteiger partial charge in [-0.15, -0.1) is 0 Å². The van der Waals surface area contributed by atoms with Crippen LogP contribution in [-0.2, 0) is 16.4 Å². The van der Waals surface area contributed by atoms with Crippen LogP contribution < -0.4 is 0 Å². The minimum absolute atomic E-state index is 0.00463. The van der Waals surface area contributed by atoms with Gasteiger partial charge in [0.15, 0.2) is 5.78 Å². The van der Waals surface area contributed by atoms with E-state index in [2.05, 4.69) is 10.1 Å². The number of carbonyl (C=O) groups is 1. The molecule has 2 aromatic carbocycles. The van der Waals surface area contributed by atoms with E-state index in [-0.39, 0.29) is 36.0 Å². The van der Waals surface area contributed by atoms with Crippen molar-refractivity contribution in [2.24, 2.45) is 5.41 Å². The van der Waals surface area contributed by atoms with E-state index in [1.807, 2.05) is 32.1 Å². The molecule has 1 unspecified atom stereocenters. The summed E-state index contributed by atoms with van der Waals surface area (Å²) in [6.45, 7) is 4.01. The highest BCUT2D eigenvalue weighted by atomic mass is 32.2. The Kier molecular flexibility index (Phi) is 6.08. The zero-order chi connectivity index (χ0) is 27.4. The highest BCUT2D eigenvalue weighted by molar-refractivity contribution is 7.89. The first-order valence-electron chi connectivity index (χ1n) is 12.8. The van der Waals surface area contributed by atoms with Gasteiger partial charge in [0.1, 0.15) is 11.5 Å². The van der Waals surface area contributed by atoms with Gasteiger partial charge in [0, 0.05) is 19.3 Å². The van der Waals surface area contributed by atoms with Crippen molar-refractivity contribution in [3.05, 3.63) is 113 Å². The SMILES string of the molecule is Cc1ccc(C(=O)C23Cc4cnn(-c5ccc(F)cc5)c4C=C2CCN(S(=O)(=O)c2cccc(C)c2)C3)nc1. The smallest absolute Gasteiger partial charge is 0.243 e. The molecule has 2 aromatic heterocycles. The molecule has 2 aliphatic rings. The van der Waals surface area contributed by atoms with Gasteiger partial charge in [-0.25, -0.2) is 17.5 Å². The van der Waals surface area contributed by atoms with Crippen molar-refractivity contribution in [2.75, 3.05) is 13.1 Å². The number of fused-ring (bicyclic) bond motifs is 2. The Labute approximate surface area is 226 Å². The molecule has 1 aliphatic heterocycles. The number of pyridine rings is 1. The number of carbonyl (C=O) groups excluding carboxylic acids is 1. The zero-order valence-corrected chi connectivity index (χ0v) is 22.5. The van der Waals surface area contributed by atoms with Crippen LogP contribution >= 0.6 is 0 Å². The number of aryl methyl sites for hydroxylation is 2. The molecule has 0 saturated carbocycles. The maximum atomic E-state index is 14.3. The van der Waals surface area contributed by atoms with Gasteiger partial charge in [-0.05, 0) is 91.9 Å². The fourth-order valence-corrected chi connectivity index (χ4v) is 7.19.